The maximum Gasteiger partial charge on any atom is 0.0922 e. The summed E-state index contributed by atoms with van der Waals surface area (Å²) < 4.78 is 0. The average molecular weight is 170 g/mol. The summed E-state index contributed by atoms with van der Waals surface area (Å²) in [7, 11) is 0. The summed E-state index contributed by atoms with van der Waals surface area (Å²) in [5, 5.41) is 3.22. The molecule has 0 aromatic heterocycles. The molecule has 0 fully saturated rings. The number of allylic oxidation sites excluding steroid dienone is 1. The van der Waals surface area contributed by atoms with Crippen molar-refractivity contribution in [2.45, 2.75) is 0 Å². The summed E-state index contributed by atoms with van der Waals surface area (Å²) in [6, 6.07) is 8.44. The molecule has 0 atom stereocenters. The minimum absolute atomic E-state index is 0.886. The Balaban J connectivity index is 2.20. The van der Waals surface area contributed by atoms with E-state index >= 15 is 0 Å². The van der Waals surface area contributed by atoms with Crippen LogP contribution in [0, 0.1) is 0 Å². The summed E-state index contributed by atoms with van der Waals surface area (Å²) in [4.78, 5) is 2.27. The van der Waals surface area contributed by atoms with Gasteiger partial charge in [0.2, 0.25) is 0 Å². The largest absolute Gasteiger partial charge is 0.372 e. The van der Waals surface area contributed by atoms with Gasteiger partial charge in [0.05, 0.1) is 18.1 Å². The van der Waals surface area contributed by atoms with Crippen LogP contribution in [0.3, 0.4) is 0 Å². The molecule has 3 rings (SSSR count). The molecule has 1 aromatic carbocycles. The van der Waals surface area contributed by atoms with Crippen LogP contribution in [0.1, 0.15) is 5.56 Å². The lowest BCUT2D eigenvalue weighted by molar-refractivity contribution is 0.890. The average Bonchev–Trinajstić information content (AvgIpc) is 2.65. The summed E-state index contributed by atoms with van der Waals surface area (Å²) in [5.74, 6) is 0. The second-order valence-corrected chi connectivity index (χ2v) is 3.25. The van der Waals surface area contributed by atoms with E-state index in [4.69, 9.17) is 0 Å². The van der Waals surface area contributed by atoms with Crippen LogP contribution in [-0.2, 0) is 0 Å². The highest BCUT2D eigenvalue weighted by atomic mass is 15.3. The zero-order chi connectivity index (χ0) is 8.67. The third kappa shape index (κ3) is 0.886. The van der Waals surface area contributed by atoms with Crippen molar-refractivity contribution in [3.63, 3.8) is 0 Å². The first-order chi connectivity index (χ1) is 6.45. The maximum absolute atomic E-state index is 3.22. The first-order valence-electron chi connectivity index (χ1n) is 4.43. The lowest BCUT2D eigenvalue weighted by atomic mass is 10.1. The molecule has 0 bridgehead atoms. The minimum atomic E-state index is 0.886. The number of hydrogen-bond acceptors (Lipinski definition) is 2. The lowest BCUT2D eigenvalue weighted by Crippen LogP contribution is -2.24. The van der Waals surface area contributed by atoms with Crippen molar-refractivity contribution in [1.82, 2.24) is 5.32 Å². The Bertz CT molecular complexity index is 404. The van der Waals surface area contributed by atoms with Crippen molar-refractivity contribution >= 4 is 11.8 Å². The van der Waals surface area contributed by atoms with Crippen molar-refractivity contribution in [2.24, 2.45) is 0 Å². The van der Waals surface area contributed by atoms with E-state index in [1.54, 1.807) is 0 Å². The molecule has 64 valence electrons. The second-order valence-electron chi connectivity index (χ2n) is 3.25. The molecule has 2 aliphatic rings. The fraction of sp³-hybridized carbons (Fsp3) is 0.0909. The van der Waals surface area contributed by atoms with Gasteiger partial charge in [-0.15, -0.1) is 0 Å². The summed E-state index contributed by atoms with van der Waals surface area (Å²) in [6.45, 7) is 0.886. The Kier molecular flexibility index (Phi) is 1.25. The highest BCUT2D eigenvalue weighted by Crippen LogP contribution is 2.31. The van der Waals surface area contributed by atoms with E-state index in [1.165, 1.54) is 16.9 Å². The molecule has 2 heteroatoms. The fourth-order valence-corrected chi connectivity index (χ4v) is 1.82. The molecule has 0 aliphatic carbocycles. The highest BCUT2D eigenvalue weighted by Gasteiger charge is 2.19. The first-order valence-corrected chi connectivity index (χ1v) is 4.43. The predicted octanol–water partition coefficient (Wildman–Crippen LogP) is 1.92. The fourth-order valence-electron chi connectivity index (χ4n) is 1.82. The first kappa shape index (κ1) is 6.78. The van der Waals surface area contributed by atoms with Crippen LogP contribution in [0.2, 0.25) is 0 Å². The highest BCUT2D eigenvalue weighted by molar-refractivity contribution is 5.76. The molecule has 0 amide bonds. The number of benzene rings is 1. The third-order valence-corrected chi connectivity index (χ3v) is 2.47. The smallest absolute Gasteiger partial charge is 0.0922 e. The van der Waals surface area contributed by atoms with E-state index < -0.39 is 0 Å². The molecule has 0 radical (unpaired) electrons. The Hall–Kier alpha value is -1.70. The zero-order valence-electron chi connectivity index (χ0n) is 7.20. The number of para-hydroxylation sites is 1. The van der Waals surface area contributed by atoms with Crippen molar-refractivity contribution in [3.05, 3.63) is 47.8 Å². The molecule has 0 spiro atoms. The van der Waals surface area contributed by atoms with Gasteiger partial charge >= 0.3 is 0 Å². The maximum atomic E-state index is 3.22. The van der Waals surface area contributed by atoms with Gasteiger partial charge in [0, 0.05) is 6.20 Å². The van der Waals surface area contributed by atoms with Crippen LogP contribution in [0.25, 0.3) is 6.08 Å². The van der Waals surface area contributed by atoms with Gasteiger partial charge in [0.15, 0.2) is 0 Å². The summed E-state index contributed by atoms with van der Waals surface area (Å²) in [5.41, 5.74) is 3.84. The molecule has 1 aromatic rings. The van der Waals surface area contributed by atoms with Gasteiger partial charge in [-0.25, -0.2) is 0 Å². The molecular formula is C11H10N2. The number of nitrogens with one attached hydrogen (secondary N) is 1. The molecule has 2 aliphatic heterocycles. The van der Waals surface area contributed by atoms with E-state index in [0.29, 0.717) is 0 Å². The van der Waals surface area contributed by atoms with Gasteiger partial charge in [-0.3, -0.25) is 0 Å². The van der Waals surface area contributed by atoms with Crippen LogP contribution in [0.4, 0.5) is 5.69 Å². The van der Waals surface area contributed by atoms with E-state index in [2.05, 4.69) is 46.6 Å². The third-order valence-electron chi connectivity index (χ3n) is 2.47. The van der Waals surface area contributed by atoms with Crippen LogP contribution in [-0.4, -0.2) is 6.67 Å². The number of fused-ring (bicyclic) bond motifs is 3. The summed E-state index contributed by atoms with van der Waals surface area (Å²) >= 11 is 0. The molecule has 0 unspecified atom stereocenters. The van der Waals surface area contributed by atoms with Crippen molar-refractivity contribution in [2.75, 3.05) is 11.6 Å². The van der Waals surface area contributed by atoms with Gasteiger partial charge in [0.1, 0.15) is 0 Å². The second kappa shape index (κ2) is 2.39. The Labute approximate surface area is 77.2 Å². The van der Waals surface area contributed by atoms with Gasteiger partial charge in [-0.2, -0.15) is 0 Å². The SMILES string of the molecule is C1=Cc2ccccc2N2CNC=C12. The van der Waals surface area contributed by atoms with Gasteiger partial charge in [-0.05, 0) is 17.7 Å². The minimum Gasteiger partial charge on any atom is -0.372 e. The summed E-state index contributed by atoms with van der Waals surface area (Å²) in [6.07, 6.45) is 6.35. The molecule has 2 heterocycles. The van der Waals surface area contributed by atoms with Gasteiger partial charge < -0.3 is 10.2 Å². The number of anilines is 1. The molecule has 1 N–H and O–H groups in total. The topological polar surface area (TPSA) is 15.3 Å². The molecule has 2 nitrogen and oxygen atoms in total. The number of rotatable bonds is 0. The lowest BCUT2D eigenvalue weighted by Gasteiger charge is -2.24. The quantitative estimate of drug-likeness (QED) is 0.640. The Morgan fingerprint density at radius 1 is 1.15 bits per heavy atom. The van der Waals surface area contributed by atoms with E-state index in [1.807, 2.05) is 6.20 Å². The molecule has 13 heavy (non-hydrogen) atoms. The number of nitrogens with zero attached hydrogens (tertiary/aromatic N) is 1. The van der Waals surface area contributed by atoms with Gasteiger partial charge in [-0.1, -0.05) is 24.3 Å². The monoisotopic (exact) mass is 170 g/mol. The van der Waals surface area contributed by atoms with E-state index in [0.717, 1.165) is 6.67 Å². The Morgan fingerprint density at radius 3 is 3.08 bits per heavy atom. The van der Waals surface area contributed by atoms with Crippen LogP contribution in [0.15, 0.2) is 42.2 Å². The molecule has 0 saturated carbocycles. The normalized spacial score (nSPS) is 17.5. The van der Waals surface area contributed by atoms with Crippen molar-refractivity contribution in [1.29, 1.82) is 0 Å². The van der Waals surface area contributed by atoms with Crippen LogP contribution < -0.4 is 10.2 Å². The predicted molar refractivity (Wildman–Crippen MR) is 54.0 cm³/mol. The molecule has 0 saturated heterocycles. The van der Waals surface area contributed by atoms with Crippen molar-refractivity contribution in [3.8, 4) is 0 Å². The zero-order valence-corrected chi connectivity index (χ0v) is 7.20. The number of hydrogen-bond donors (Lipinski definition) is 1. The standard InChI is InChI=1S/C11H10N2/c1-2-4-11-9(3-1)5-6-10-7-12-8-13(10)11/h1-7,12H,8H2. The molecular weight excluding hydrogens is 160 g/mol. The van der Waals surface area contributed by atoms with Crippen LogP contribution in [0.5, 0.6) is 0 Å². The van der Waals surface area contributed by atoms with Gasteiger partial charge in [0.25, 0.3) is 0 Å². The van der Waals surface area contributed by atoms with E-state index in [-0.39, 0.29) is 0 Å². The van der Waals surface area contributed by atoms with Crippen LogP contribution >= 0.6 is 0 Å². The Morgan fingerprint density at radius 2 is 2.08 bits per heavy atom. The van der Waals surface area contributed by atoms with Crippen molar-refractivity contribution < 1.29 is 0 Å². The van der Waals surface area contributed by atoms with E-state index in [9.17, 15) is 0 Å².